The largest absolute Gasteiger partial charge is 0.337 e. The minimum absolute atomic E-state index is 0.0383. The first kappa shape index (κ1) is 17.0. The van der Waals surface area contributed by atoms with E-state index in [2.05, 4.69) is 5.32 Å². The Kier molecular flexibility index (Phi) is 6.90. The van der Waals surface area contributed by atoms with Gasteiger partial charge in [-0.25, -0.2) is 4.79 Å². The van der Waals surface area contributed by atoms with Gasteiger partial charge in [-0.3, -0.25) is 4.21 Å². The van der Waals surface area contributed by atoms with Gasteiger partial charge in [0.2, 0.25) is 0 Å². The first-order valence-corrected chi connectivity index (χ1v) is 9.55. The number of hydrogen-bond acceptors (Lipinski definition) is 2. The Morgan fingerprint density at radius 3 is 2.59 bits per heavy atom. The molecule has 2 amide bonds. The molecule has 1 aromatic rings. The molecule has 0 aromatic heterocycles. The summed E-state index contributed by atoms with van der Waals surface area (Å²) in [4.78, 5) is 13.9. The van der Waals surface area contributed by atoms with Crippen molar-refractivity contribution >= 4 is 16.8 Å². The Bertz CT molecular complexity index is 487. The average molecular weight is 322 g/mol. The normalized spacial score (nSPS) is 17.0. The van der Waals surface area contributed by atoms with Crippen molar-refractivity contribution < 1.29 is 9.00 Å². The highest BCUT2D eigenvalue weighted by Gasteiger charge is 2.21. The monoisotopic (exact) mass is 322 g/mol. The van der Waals surface area contributed by atoms with Crippen LogP contribution in [0, 0.1) is 0 Å². The highest BCUT2D eigenvalue weighted by atomic mass is 32.2. The minimum atomic E-state index is -0.939. The second-order valence-electron chi connectivity index (χ2n) is 5.91. The SMILES string of the molecule is CN(C(=O)NCCS(=O)Cc1ccccc1)C1CCCCC1. The van der Waals surface area contributed by atoms with Crippen LogP contribution in [0.15, 0.2) is 30.3 Å². The first-order valence-electron chi connectivity index (χ1n) is 8.06. The van der Waals surface area contributed by atoms with E-state index in [9.17, 15) is 9.00 Å². The van der Waals surface area contributed by atoms with Crippen molar-refractivity contribution in [1.29, 1.82) is 0 Å². The Labute approximate surface area is 135 Å². The van der Waals surface area contributed by atoms with Crippen LogP contribution in [0.3, 0.4) is 0 Å². The van der Waals surface area contributed by atoms with E-state index in [1.54, 1.807) is 0 Å². The molecule has 0 aliphatic heterocycles. The molecule has 1 N–H and O–H groups in total. The van der Waals surface area contributed by atoms with Crippen LogP contribution < -0.4 is 5.32 Å². The predicted molar refractivity (Wildman–Crippen MR) is 91.2 cm³/mol. The number of carbonyl (C=O) groups is 1. The van der Waals surface area contributed by atoms with Gasteiger partial charge in [-0.1, -0.05) is 49.6 Å². The van der Waals surface area contributed by atoms with Gasteiger partial charge in [0.15, 0.2) is 0 Å². The van der Waals surface area contributed by atoms with Crippen LogP contribution in [-0.2, 0) is 16.6 Å². The Morgan fingerprint density at radius 1 is 1.23 bits per heavy atom. The van der Waals surface area contributed by atoms with Crippen molar-refractivity contribution in [3.05, 3.63) is 35.9 Å². The molecule has 0 spiro atoms. The van der Waals surface area contributed by atoms with Crippen molar-refractivity contribution in [2.45, 2.75) is 43.9 Å². The highest BCUT2D eigenvalue weighted by molar-refractivity contribution is 7.84. The predicted octanol–water partition coefficient (Wildman–Crippen LogP) is 2.91. The summed E-state index contributed by atoms with van der Waals surface area (Å²) in [5, 5.41) is 2.89. The molecule has 1 fully saturated rings. The number of hydrogen-bond donors (Lipinski definition) is 1. The van der Waals surface area contributed by atoms with Gasteiger partial charge < -0.3 is 10.2 Å². The quantitative estimate of drug-likeness (QED) is 0.875. The molecular weight excluding hydrogens is 296 g/mol. The van der Waals surface area contributed by atoms with Gasteiger partial charge in [-0.2, -0.15) is 0 Å². The molecule has 2 rings (SSSR count). The van der Waals surface area contributed by atoms with E-state index in [1.807, 2.05) is 42.3 Å². The van der Waals surface area contributed by atoms with Gasteiger partial charge in [-0.15, -0.1) is 0 Å². The number of amides is 2. The highest BCUT2D eigenvalue weighted by Crippen LogP contribution is 2.21. The summed E-state index contributed by atoms with van der Waals surface area (Å²) >= 11 is 0. The molecule has 1 aliphatic rings. The zero-order valence-corrected chi connectivity index (χ0v) is 14.1. The third kappa shape index (κ3) is 5.44. The van der Waals surface area contributed by atoms with E-state index in [-0.39, 0.29) is 6.03 Å². The van der Waals surface area contributed by atoms with Crippen LogP contribution in [0.4, 0.5) is 4.79 Å². The maximum absolute atomic E-state index is 12.1. The van der Waals surface area contributed by atoms with Gasteiger partial charge in [0.05, 0.1) is 0 Å². The third-order valence-corrected chi connectivity index (χ3v) is 5.53. The van der Waals surface area contributed by atoms with Crippen molar-refractivity contribution in [2.24, 2.45) is 0 Å². The molecule has 4 nitrogen and oxygen atoms in total. The molecule has 1 unspecified atom stereocenters. The van der Waals surface area contributed by atoms with Crippen LogP contribution in [0.25, 0.3) is 0 Å². The fourth-order valence-corrected chi connectivity index (χ4v) is 3.90. The van der Waals surface area contributed by atoms with Gasteiger partial charge in [0.25, 0.3) is 0 Å². The van der Waals surface area contributed by atoms with Crippen molar-refractivity contribution in [3.8, 4) is 0 Å². The average Bonchev–Trinajstić information content (AvgIpc) is 2.55. The van der Waals surface area contributed by atoms with E-state index in [4.69, 9.17) is 0 Å². The fraction of sp³-hybridized carbons (Fsp3) is 0.588. The number of benzene rings is 1. The van der Waals surface area contributed by atoms with Crippen molar-refractivity contribution in [1.82, 2.24) is 10.2 Å². The fourth-order valence-electron chi connectivity index (χ4n) is 2.86. The maximum Gasteiger partial charge on any atom is 0.317 e. The molecule has 0 bridgehead atoms. The van der Waals surface area contributed by atoms with Crippen LogP contribution in [-0.4, -0.2) is 40.5 Å². The number of carbonyl (C=O) groups excluding carboxylic acids is 1. The van der Waals surface area contributed by atoms with E-state index >= 15 is 0 Å². The molecule has 0 radical (unpaired) electrons. The lowest BCUT2D eigenvalue weighted by Crippen LogP contribution is -2.45. The smallest absolute Gasteiger partial charge is 0.317 e. The summed E-state index contributed by atoms with van der Waals surface area (Å²) < 4.78 is 12.0. The number of urea groups is 1. The summed E-state index contributed by atoms with van der Waals surface area (Å²) in [7, 11) is 0.929. The third-order valence-electron chi connectivity index (χ3n) is 4.22. The van der Waals surface area contributed by atoms with Gasteiger partial charge in [0, 0.05) is 41.9 Å². The van der Waals surface area contributed by atoms with E-state index < -0.39 is 10.8 Å². The molecule has 1 saturated carbocycles. The zero-order valence-electron chi connectivity index (χ0n) is 13.3. The van der Waals surface area contributed by atoms with Crippen LogP contribution in [0.2, 0.25) is 0 Å². The summed E-state index contributed by atoms with van der Waals surface area (Å²) in [6.45, 7) is 0.468. The number of nitrogens with one attached hydrogen (secondary N) is 1. The topological polar surface area (TPSA) is 49.4 Å². The lowest BCUT2D eigenvalue weighted by molar-refractivity contribution is 0.174. The second kappa shape index (κ2) is 8.93. The van der Waals surface area contributed by atoms with E-state index in [0.717, 1.165) is 18.4 Å². The summed E-state index contributed by atoms with van der Waals surface area (Å²) in [5.74, 6) is 1.05. The van der Waals surface area contributed by atoms with Crippen molar-refractivity contribution in [2.75, 3.05) is 19.3 Å². The standard InChI is InChI=1S/C17H26N2O2S/c1-19(16-10-6-3-7-11-16)17(20)18-12-13-22(21)14-15-8-4-2-5-9-15/h2,4-5,8-9,16H,3,6-7,10-14H2,1H3,(H,18,20). The van der Waals surface area contributed by atoms with Crippen LogP contribution in [0.1, 0.15) is 37.7 Å². The first-order chi connectivity index (χ1) is 10.7. The maximum atomic E-state index is 12.1. The molecule has 0 heterocycles. The molecule has 1 atom stereocenters. The van der Waals surface area contributed by atoms with Crippen molar-refractivity contribution in [3.63, 3.8) is 0 Å². The Hall–Kier alpha value is -1.36. The van der Waals surface area contributed by atoms with E-state index in [1.165, 1.54) is 19.3 Å². The Morgan fingerprint density at radius 2 is 1.91 bits per heavy atom. The zero-order chi connectivity index (χ0) is 15.8. The van der Waals surface area contributed by atoms with Crippen LogP contribution in [0.5, 0.6) is 0 Å². The van der Waals surface area contributed by atoms with Gasteiger partial charge in [-0.05, 0) is 18.4 Å². The van der Waals surface area contributed by atoms with Gasteiger partial charge in [0.1, 0.15) is 0 Å². The minimum Gasteiger partial charge on any atom is -0.337 e. The molecule has 0 saturated heterocycles. The lowest BCUT2D eigenvalue weighted by Gasteiger charge is -2.31. The van der Waals surface area contributed by atoms with E-state index in [0.29, 0.717) is 24.1 Å². The summed E-state index contributed by atoms with van der Waals surface area (Å²) in [6.07, 6.45) is 5.91. The summed E-state index contributed by atoms with van der Waals surface area (Å²) in [5.41, 5.74) is 1.08. The molecule has 1 aliphatic carbocycles. The number of nitrogens with zero attached hydrogens (tertiary/aromatic N) is 1. The molecule has 5 heteroatoms. The summed E-state index contributed by atoms with van der Waals surface area (Å²) in [6, 6.07) is 10.1. The Balaban J connectivity index is 1.66. The molecule has 122 valence electrons. The lowest BCUT2D eigenvalue weighted by atomic mass is 9.95. The molecule has 22 heavy (non-hydrogen) atoms. The number of rotatable bonds is 6. The van der Waals surface area contributed by atoms with Gasteiger partial charge >= 0.3 is 6.03 Å². The molecule has 1 aromatic carbocycles. The molecular formula is C17H26N2O2S. The second-order valence-corrected chi connectivity index (χ2v) is 7.49. The van der Waals surface area contributed by atoms with Crippen LogP contribution >= 0.6 is 0 Å².